The summed E-state index contributed by atoms with van der Waals surface area (Å²) in [5, 5.41) is 3.24. The topological polar surface area (TPSA) is 12.0 Å². The first kappa shape index (κ1) is 8.70. The van der Waals surface area contributed by atoms with Gasteiger partial charge in [-0.15, -0.1) is 0 Å². The lowest BCUT2D eigenvalue weighted by Gasteiger charge is -2.30. The van der Waals surface area contributed by atoms with Gasteiger partial charge >= 0.3 is 0 Å². The lowest BCUT2D eigenvalue weighted by molar-refractivity contribution is 0.368. The van der Waals surface area contributed by atoms with Crippen LogP contribution in [0.5, 0.6) is 0 Å². The van der Waals surface area contributed by atoms with Gasteiger partial charge in [-0.1, -0.05) is 19.1 Å². The van der Waals surface area contributed by atoms with Crippen LogP contribution in [0.15, 0.2) is 18.2 Å². The minimum Gasteiger partial charge on any atom is -0.310 e. The number of hydrogen-bond donors (Lipinski definition) is 1. The molecule has 0 radical (unpaired) electrons. The van der Waals surface area contributed by atoms with E-state index in [9.17, 15) is 4.39 Å². The number of rotatable bonds is 2. The van der Waals surface area contributed by atoms with Gasteiger partial charge in [0.2, 0.25) is 0 Å². The Balaban J connectivity index is 2.39. The molecule has 1 saturated heterocycles. The molecule has 1 aliphatic rings. The molecule has 1 aliphatic heterocycles. The average Bonchev–Trinajstić information content (AvgIpc) is 2.05. The standard InChI is InChI=1S/C11H14FN/c1-2-8-4-3-5-9(12)11(8)10-6-7-13-10/h3-5,10,13H,2,6-7H2,1H3. The van der Waals surface area contributed by atoms with Crippen molar-refractivity contribution in [1.29, 1.82) is 0 Å². The summed E-state index contributed by atoms with van der Waals surface area (Å²) in [7, 11) is 0. The molecule has 0 aliphatic carbocycles. The highest BCUT2D eigenvalue weighted by Gasteiger charge is 2.23. The van der Waals surface area contributed by atoms with Crippen LogP contribution in [0.25, 0.3) is 0 Å². The molecule has 0 saturated carbocycles. The van der Waals surface area contributed by atoms with E-state index in [4.69, 9.17) is 0 Å². The van der Waals surface area contributed by atoms with Crippen molar-refractivity contribution in [2.75, 3.05) is 6.54 Å². The van der Waals surface area contributed by atoms with E-state index in [1.807, 2.05) is 6.07 Å². The molecule has 1 N–H and O–H groups in total. The predicted molar refractivity (Wildman–Crippen MR) is 51.1 cm³/mol. The molecule has 0 bridgehead atoms. The van der Waals surface area contributed by atoms with Crippen LogP contribution in [-0.2, 0) is 6.42 Å². The Morgan fingerprint density at radius 3 is 2.85 bits per heavy atom. The molecule has 1 aromatic rings. The fourth-order valence-electron chi connectivity index (χ4n) is 1.82. The lowest BCUT2D eigenvalue weighted by atomic mass is 9.92. The molecule has 1 nitrogen and oxygen atoms in total. The zero-order chi connectivity index (χ0) is 9.26. The van der Waals surface area contributed by atoms with Gasteiger partial charge < -0.3 is 5.32 Å². The molecule has 0 amide bonds. The smallest absolute Gasteiger partial charge is 0.128 e. The maximum Gasteiger partial charge on any atom is 0.128 e. The van der Waals surface area contributed by atoms with E-state index in [0.717, 1.165) is 30.5 Å². The average molecular weight is 179 g/mol. The van der Waals surface area contributed by atoms with Crippen molar-refractivity contribution in [3.8, 4) is 0 Å². The van der Waals surface area contributed by atoms with Gasteiger partial charge in [-0.25, -0.2) is 4.39 Å². The summed E-state index contributed by atoms with van der Waals surface area (Å²) in [5.41, 5.74) is 2.02. The second-order valence-corrected chi connectivity index (χ2v) is 3.46. The number of nitrogens with one attached hydrogen (secondary N) is 1. The van der Waals surface area contributed by atoms with Gasteiger partial charge in [-0.3, -0.25) is 0 Å². The molecular weight excluding hydrogens is 165 g/mol. The summed E-state index contributed by atoms with van der Waals surface area (Å²) in [4.78, 5) is 0. The number of halogens is 1. The third-order valence-electron chi connectivity index (χ3n) is 2.70. The third kappa shape index (κ3) is 1.46. The summed E-state index contributed by atoms with van der Waals surface area (Å²) in [6, 6.07) is 5.61. The third-order valence-corrected chi connectivity index (χ3v) is 2.70. The van der Waals surface area contributed by atoms with Crippen LogP contribution in [0.3, 0.4) is 0 Å². The van der Waals surface area contributed by atoms with Gasteiger partial charge in [0.05, 0.1) is 0 Å². The summed E-state index contributed by atoms with van der Waals surface area (Å²) in [6.07, 6.45) is 1.97. The molecule has 70 valence electrons. The fraction of sp³-hybridized carbons (Fsp3) is 0.455. The number of hydrogen-bond acceptors (Lipinski definition) is 1. The molecule has 1 aromatic carbocycles. The van der Waals surface area contributed by atoms with Gasteiger partial charge in [0.1, 0.15) is 5.82 Å². The Hall–Kier alpha value is -0.890. The zero-order valence-corrected chi connectivity index (χ0v) is 7.81. The van der Waals surface area contributed by atoms with Crippen molar-refractivity contribution in [3.63, 3.8) is 0 Å². The fourth-order valence-corrected chi connectivity index (χ4v) is 1.82. The number of benzene rings is 1. The molecular formula is C11H14FN. The summed E-state index contributed by atoms with van der Waals surface area (Å²) in [6.45, 7) is 3.08. The quantitative estimate of drug-likeness (QED) is 0.735. The van der Waals surface area contributed by atoms with Crippen LogP contribution in [0.4, 0.5) is 4.39 Å². The van der Waals surface area contributed by atoms with Crippen molar-refractivity contribution >= 4 is 0 Å². The monoisotopic (exact) mass is 179 g/mol. The largest absolute Gasteiger partial charge is 0.310 e. The maximum absolute atomic E-state index is 13.5. The van der Waals surface area contributed by atoms with Crippen LogP contribution >= 0.6 is 0 Å². The Morgan fingerprint density at radius 1 is 1.54 bits per heavy atom. The molecule has 1 atom stereocenters. The van der Waals surface area contributed by atoms with Gasteiger partial charge in [0, 0.05) is 11.6 Å². The number of aryl methyl sites for hydroxylation is 1. The van der Waals surface area contributed by atoms with E-state index in [1.54, 1.807) is 12.1 Å². The van der Waals surface area contributed by atoms with E-state index >= 15 is 0 Å². The second-order valence-electron chi connectivity index (χ2n) is 3.46. The van der Waals surface area contributed by atoms with Crippen LogP contribution in [0.1, 0.15) is 30.5 Å². The highest BCUT2D eigenvalue weighted by Crippen LogP contribution is 2.28. The lowest BCUT2D eigenvalue weighted by Crippen LogP contribution is -2.36. The summed E-state index contributed by atoms with van der Waals surface area (Å²) < 4.78 is 13.5. The molecule has 2 rings (SSSR count). The summed E-state index contributed by atoms with van der Waals surface area (Å²) >= 11 is 0. The molecule has 1 heterocycles. The van der Waals surface area contributed by atoms with Crippen molar-refractivity contribution in [2.45, 2.75) is 25.8 Å². The van der Waals surface area contributed by atoms with Crippen LogP contribution in [-0.4, -0.2) is 6.54 Å². The summed E-state index contributed by atoms with van der Waals surface area (Å²) in [5.74, 6) is -0.0587. The molecule has 1 unspecified atom stereocenters. The van der Waals surface area contributed by atoms with Crippen LogP contribution in [0, 0.1) is 5.82 Å². The Kier molecular flexibility index (Phi) is 2.32. The van der Waals surface area contributed by atoms with E-state index in [-0.39, 0.29) is 11.9 Å². The molecule has 0 aromatic heterocycles. The van der Waals surface area contributed by atoms with Crippen molar-refractivity contribution < 1.29 is 4.39 Å². The van der Waals surface area contributed by atoms with Crippen LogP contribution in [0.2, 0.25) is 0 Å². The SMILES string of the molecule is CCc1cccc(F)c1C1CCN1. The normalized spacial score (nSPS) is 21.2. The van der Waals surface area contributed by atoms with E-state index in [0.29, 0.717) is 0 Å². The van der Waals surface area contributed by atoms with Gasteiger partial charge in [0.25, 0.3) is 0 Å². The Labute approximate surface area is 78.0 Å². The van der Waals surface area contributed by atoms with Gasteiger partial charge in [-0.05, 0) is 31.0 Å². The Morgan fingerprint density at radius 2 is 2.31 bits per heavy atom. The van der Waals surface area contributed by atoms with Crippen molar-refractivity contribution in [2.24, 2.45) is 0 Å². The minimum absolute atomic E-state index is 0.0587. The highest BCUT2D eigenvalue weighted by atomic mass is 19.1. The first-order valence-electron chi connectivity index (χ1n) is 4.83. The van der Waals surface area contributed by atoms with Gasteiger partial charge in [0.15, 0.2) is 0 Å². The first-order chi connectivity index (χ1) is 6.33. The van der Waals surface area contributed by atoms with E-state index in [2.05, 4.69) is 12.2 Å². The Bertz CT molecular complexity index is 305. The molecule has 13 heavy (non-hydrogen) atoms. The van der Waals surface area contributed by atoms with E-state index in [1.165, 1.54) is 0 Å². The second kappa shape index (κ2) is 3.46. The van der Waals surface area contributed by atoms with Crippen molar-refractivity contribution in [3.05, 3.63) is 35.1 Å². The van der Waals surface area contributed by atoms with E-state index < -0.39 is 0 Å². The van der Waals surface area contributed by atoms with Crippen LogP contribution < -0.4 is 5.32 Å². The minimum atomic E-state index is -0.0587. The highest BCUT2D eigenvalue weighted by molar-refractivity contribution is 5.32. The zero-order valence-electron chi connectivity index (χ0n) is 7.81. The predicted octanol–water partition coefficient (Wildman–Crippen LogP) is 2.42. The molecule has 0 spiro atoms. The van der Waals surface area contributed by atoms with Gasteiger partial charge in [-0.2, -0.15) is 0 Å². The maximum atomic E-state index is 13.5. The molecule has 1 fully saturated rings. The molecule has 2 heteroatoms. The van der Waals surface area contributed by atoms with Crippen molar-refractivity contribution in [1.82, 2.24) is 5.32 Å². The first-order valence-corrected chi connectivity index (χ1v) is 4.83.